The van der Waals surface area contributed by atoms with Gasteiger partial charge < -0.3 is 14.9 Å². The molecule has 10 heteroatoms. The van der Waals surface area contributed by atoms with Gasteiger partial charge in [-0.3, -0.25) is 18.7 Å². The third-order valence-corrected chi connectivity index (χ3v) is 4.80. The number of carbonyl (C=O) groups excluding carboxylic acids is 2. The number of benzene rings is 1. The Morgan fingerprint density at radius 3 is 2.52 bits per heavy atom. The predicted molar refractivity (Wildman–Crippen MR) is 117 cm³/mol. The molecule has 0 fully saturated rings. The molecule has 2 N–H and O–H groups in total. The van der Waals surface area contributed by atoms with Gasteiger partial charge >= 0.3 is 11.7 Å². The second-order valence-electron chi connectivity index (χ2n) is 6.48. The monoisotopic (exact) mass is 487 g/mol. The maximum absolute atomic E-state index is 12.6. The van der Waals surface area contributed by atoms with Crippen LogP contribution in [-0.4, -0.2) is 27.5 Å². The number of esters is 1. The molecule has 9 nitrogen and oxygen atoms in total. The number of hydrogen-bond donors (Lipinski definition) is 1. The van der Waals surface area contributed by atoms with Crippen molar-refractivity contribution in [2.45, 2.75) is 6.54 Å². The van der Waals surface area contributed by atoms with Gasteiger partial charge in [0.2, 0.25) is 5.78 Å². The molecule has 0 aliphatic heterocycles. The first-order valence-electron chi connectivity index (χ1n) is 9.04. The summed E-state index contributed by atoms with van der Waals surface area (Å²) in [5.74, 6) is -1.51. The minimum absolute atomic E-state index is 0.0706. The van der Waals surface area contributed by atoms with Crippen molar-refractivity contribution in [1.29, 1.82) is 0 Å². The first-order valence-corrected chi connectivity index (χ1v) is 9.84. The number of ketones is 1. The number of nitrogen functional groups attached to an aromatic ring is 1. The Hall–Kier alpha value is -3.66. The maximum Gasteiger partial charge on any atom is 0.332 e. The van der Waals surface area contributed by atoms with Crippen molar-refractivity contribution in [2.24, 2.45) is 7.05 Å². The van der Waals surface area contributed by atoms with E-state index < -0.39 is 35.2 Å². The summed E-state index contributed by atoms with van der Waals surface area (Å²) in [7, 11) is 1.25. The summed E-state index contributed by atoms with van der Waals surface area (Å²) in [4.78, 5) is 49.5. The van der Waals surface area contributed by atoms with Crippen molar-refractivity contribution in [2.75, 3.05) is 12.3 Å². The number of hydrogen-bond acceptors (Lipinski definition) is 7. The molecule has 0 unspecified atom stereocenters. The number of nitrogens with zero attached hydrogens (tertiary/aromatic N) is 2. The molecule has 0 bridgehead atoms. The molecule has 31 heavy (non-hydrogen) atoms. The zero-order valence-corrected chi connectivity index (χ0v) is 18.0. The van der Waals surface area contributed by atoms with Gasteiger partial charge in [-0.1, -0.05) is 30.3 Å². The third-order valence-electron chi connectivity index (χ3n) is 4.37. The van der Waals surface area contributed by atoms with E-state index in [0.717, 1.165) is 20.8 Å². The molecule has 2 heterocycles. The van der Waals surface area contributed by atoms with Crippen LogP contribution in [0.5, 0.6) is 0 Å². The highest BCUT2D eigenvalue weighted by molar-refractivity contribution is 9.10. The lowest BCUT2D eigenvalue weighted by Gasteiger charge is -2.14. The van der Waals surface area contributed by atoms with E-state index in [1.54, 1.807) is 36.4 Å². The second kappa shape index (κ2) is 9.43. The minimum Gasteiger partial charge on any atom is -0.454 e. The first kappa shape index (κ1) is 22.0. The Kier molecular flexibility index (Phi) is 6.71. The number of halogens is 1. The van der Waals surface area contributed by atoms with Crippen molar-refractivity contribution in [3.8, 4) is 0 Å². The van der Waals surface area contributed by atoms with Gasteiger partial charge in [0, 0.05) is 13.1 Å². The van der Waals surface area contributed by atoms with Crippen LogP contribution in [0.2, 0.25) is 0 Å². The lowest BCUT2D eigenvalue weighted by Crippen LogP contribution is -2.43. The van der Waals surface area contributed by atoms with E-state index in [0.29, 0.717) is 10.4 Å². The molecule has 160 valence electrons. The number of rotatable bonds is 7. The van der Waals surface area contributed by atoms with Crippen molar-refractivity contribution >= 4 is 39.6 Å². The fraction of sp³-hybridized carbons (Fsp3) is 0.143. The number of Topliss-reactive ketones (excluding diaryl/α,β-unsaturated/α-hetero) is 1. The third kappa shape index (κ3) is 5.10. The van der Waals surface area contributed by atoms with Gasteiger partial charge in [-0.05, 0) is 39.7 Å². The lowest BCUT2D eigenvalue weighted by atomic mass is 10.2. The normalized spacial score (nSPS) is 11.0. The summed E-state index contributed by atoms with van der Waals surface area (Å²) in [6.07, 6.45) is 2.45. The summed E-state index contributed by atoms with van der Waals surface area (Å²) in [6.45, 7) is -0.644. The second-order valence-corrected chi connectivity index (χ2v) is 7.27. The summed E-state index contributed by atoms with van der Waals surface area (Å²) in [5, 5.41) is 0. The van der Waals surface area contributed by atoms with Gasteiger partial charge in [-0.15, -0.1) is 0 Å². The molecule has 0 spiro atoms. The number of furan rings is 1. The largest absolute Gasteiger partial charge is 0.454 e. The van der Waals surface area contributed by atoms with Crippen molar-refractivity contribution in [1.82, 2.24) is 9.13 Å². The predicted octanol–water partition coefficient (Wildman–Crippen LogP) is 1.97. The fourth-order valence-corrected chi connectivity index (χ4v) is 3.11. The van der Waals surface area contributed by atoms with Crippen molar-refractivity contribution in [3.05, 3.63) is 90.9 Å². The molecule has 0 aliphatic carbocycles. The number of aromatic nitrogens is 2. The standard InChI is InChI=1S/C21H18BrN3O6/c1-24-20(28)18(19(23)25(21(24)29)11-13-5-3-2-4-6-13)15(26)12-30-17(27)10-8-14-7-9-16(22)31-14/h2-10H,11-12,23H2,1H3/b10-8+. The van der Waals surface area contributed by atoms with E-state index in [9.17, 15) is 19.2 Å². The lowest BCUT2D eigenvalue weighted by molar-refractivity contribution is -0.136. The van der Waals surface area contributed by atoms with E-state index in [-0.39, 0.29) is 12.4 Å². The molecule has 0 amide bonds. The summed E-state index contributed by atoms with van der Waals surface area (Å²) >= 11 is 3.14. The molecule has 3 rings (SSSR count). The zero-order valence-electron chi connectivity index (χ0n) is 16.4. The number of anilines is 1. The number of nitrogens with two attached hydrogens (primary N) is 1. The van der Waals surface area contributed by atoms with E-state index in [1.165, 1.54) is 13.1 Å². The summed E-state index contributed by atoms with van der Waals surface area (Å²) in [6, 6.07) is 12.2. The smallest absolute Gasteiger partial charge is 0.332 e. The van der Waals surface area contributed by atoms with Gasteiger partial charge in [0.05, 0.1) is 6.54 Å². The average molecular weight is 488 g/mol. The summed E-state index contributed by atoms with van der Waals surface area (Å²) in [5.41, 5.74) is 4.83. The van der Waals surface area contributed by atoms with Gasteiger partial charge in [0.15, 0.2) is 11.3 Å². The molecule has 0 radical (unpaired) electrons. The molecule has 0 aliphatic rings. The molecular weight excluding hydrogens is 470 g/mol. The molecule has 3 aromatic rings. The number of ether oxygens (including phenoxy) is 1. The molecule has 0 atom stereocenters. The SMILES string of the molecule is Cn1c(=O)c(C(=O)COC(=O)/C=C/c2ccc(Br)o2)c(N)n(Cc2ccccc2)c1=O. The van der Waals surface area contributed by atoms with Crippen molar-refractivity contribution in [3.63, 3.8) is 0 Å². The van der Waals surface area contributed by atoms with Gasteiger partial charge in [0.25, 0.3) is 5.56 Å². The Bertz CT molecular complexity index is 1270. The minimum atomic E-state index is -0.858. The van der Waals surface area contributed by atoms with Gasteiger partial charge in [-0.25, -0.2) is 9.59 Å². The van der Waals surface area contributed by atoms with Crippen LogP contribution in [0.4, 0.5) is 5.82 Å². The maximum atomic E-state index is 12.6. The highest BCUT2D eigenvalue weighted by Gasteiger charge is 2.22. The van der Waals surface area contributed by atoms with Crippen LogP contribution in [0.15, 0.2) is 67.2 Å². The van der Waals surface area contributed by atoms with E-state index in [4.69, 9.17) is 14.9 Å². The zero-order chi connectivity index (χ0) is 22.5. The van der Waals surface area contributed by atoms with Crippen LogP contribution >= 0.6 is 15.9 Å². The quantitative estimate of drug-likeness (QED) is 0.306. The fourth-order valence-electron chi connectivity index (χ4n) is 2.79. The van der Waals surface area contributed by atoms with Gasteiger partial charge in [0.1, 0.15) is 17.1 Å². The van der Waals surface area contributed by atoms with Crippen molar-refractivity contribution < 1.29 is 18.7 Å². The average Bonchev–Trinajstić information content (AvgIpc) is 3.18. The number of carbonyl (C=O) groups is 2. The van der Waals surface area contributed by atoms with Crippen LogP contribution in [-0.2, 0) is 23.1 Å². The van der Waals surface area contributed by atoms with Crippen LogP contribution in [0.25, 0.3) is 6.08 Å². The Morgan fingerprint density at radius 2 is 1.87 bits per heavy atom. The highest BCUT2D eigenvalue weighted by atomic mass is 79.9. The highest BCUT2D eigenvalue weighted by Crippen LogP contribution is 2.15. The molecule has 0 saturated carbocycles. The Labute approximate surface area is 184 Å². The van der Waals surface area contributed by atoms with Crippen LogP contribution in [0, 0.1) is 0 Å². The van der Waals surface area contributed by atoms with Gasteiger partial charge in [-0.2, -0.15) is 0 Å². The molecule has 1 aromatic carbocycles. The Morgan fingerprint density at radius 1 is 1.16 bits per heavy atom. The topological polar surface area (TPSA) is 127 Å². The van der Waals surface area contributed by atoms with E-state index in [2.05, 4.69) is 15.9 Å². The van der Waals surface area contributed by atoms with Crippen LogP contribution in [0.1, 0.15) is 21.7 Å². The molecule has 0 saturated heterocycles. The summed E-state index contributed by atoms with van der Waals surface area (Å²) < 4.78 is 12.5. The van der Waals surface area contributed by atoms with E-state index in [1.807, 2.05) is 6.07 Å². The van der Waals surface area contributed by atoms with Crippen LogP contribution < -0.4 is 17.0 Å². The Balaban J connectivity index is 1.80. The van der Waals surface area contributed by atoms with Crippen LogP contribution in [0.3, 0.4) is 0 Å². The molecule has 2 aromatic heterocycles. The van der Waals surface area contributed by atoms with E-state index >= 15 is 0 Å². The molecular formula is C21H18BrN3O6. The first-order chi connectivity index (χ1) is 14.8.